The number of carbonyl (C=O) groups is 1. The normalized spacial score (nSPS) is 12.2. The van der Waals surface area contributed by atoms with Crippen LogP contribution in [0.1, 0.15) is 22.0 Å². The smallest absolute Gasteiger partial charge is 0.341 e. The Morgan fingerprint density at radius 1 is 1.17 bits per heavy atom. The van der Waals surface area contributed by atoms with Crippen LogP contribution in [0.2, 0.25) is 0 Å². The molecule has 0 amide bonds. The summed E-state index contributed by atoms with van der Waals surface area (Å²) in [7, 11) is 0. The molecule has 3 rings (SSSR count). The number of halogens is 2. The number of benzene rings is 2. The van der Waals surface area contributed by atoms with Crippen LogP contribution in [0.15, 0.2) is 59.5 Å². The largest absolute Gasteiger partial charge is 0.477 e. The van der Waals surface area contributed by atoms with Crippen LogP contribution in [-0.4, -0.2) is 21.0 Å². The van der Waals surface area contributed by atoms with Crippen molar-refractivity contribution >= 4 is 32.8 Å². The van der Waals surface area contributed by atoms with Crippen molar-refractivity contribution in [2.75, 3.05) is 5.33 Å². The molecular weight excluding hydrogens is 377 g/mol. The van der Waals surface area contributed by atoms with Gasteiger partial charge in [0.25, 0.3) is 0 Å². The number of aromatic carboxylic acids is 1. The summed E-state index contributed by atoms with van der Waals surface area (Å²) in [6.45, 7) is 0. The fourth-order valence-electron chi connectivity index (χ4n) is 2.77. The van der Waals surface area contributed by atoms with E-state index in [0.717, 1.165) is 5.56 Å². The van der Waals surface area contributed by atoms with Crippen LogP contribution >= 0.6 is 15.9 Å². The topological polar surface area (TPSA) is 59.3 Å². The molecule has 0 aliphatic rings. The van der Waals surface area contributed by atoms with Gasteiger partial charge in [-0.25, -0.2) is 9.18 Å². The molecule has 6 heteroatoms. The molecule has 1 N–H and O–H groups in total. The van der Waals surface area contributed by atoms with Gasteiger partial charge in [-0.15, -0.1) is 0 Å². The summed E-state index contributed by atoms with van der Waals surface area (Å²) in [4.78, 5) is 23.8. The van der Waals surface area contributed by atoms with Gasteiger partial charge in [-0.3, -0.25) is 4.79 Å². The van der Waals surface area contributed by atoms with Gasteiger partial charge in [0.2, 0.25) is 5.43 Å². The SMILES string of the molecule is O=C(O)c1cn(C(CBr)c2ccccc2)c2c(F)cccc2c1=O. The molecular formula is C18H13BrFNO3. The van der Waals surface area contributed by atoms with Gasteiger partial charge in [0, 0.05) is 16.9 Å². The molecule has 2 aromatic carbocycles. The first-order valence-corrected chi connectivity index (χ1v) is 8.34. The van der Waals surface area contributed by atoms with Crippen molar-refractivity contribution in [3.8, 4) is 0 Å². The summed E-state index contributed by atoms with van der Waals surface area (Å²) < 4.78 is 16.0. The summed E-state index contributed by atoms with van der Waals surface area (Å²) in [5, 5.41) is 9.81. The summed E-state index contributed by atoms with van der Waals surface area (Å²) >= 11 is 3.41. The number of para-hydroxylation sites is 1. The highest BCUT2D eigenvalue weighted by atomic mass is 79.9. The second-order valence-electron chi connectivity index (χ2n) is 5.30. The lowest BCUT2D eigenvalue weighted by molar-refractivity contribution is 0.0694. The van der Waals surface area contributed by atoms with E-state index in [1.165, 1.54) is 29.0 Å². The van der Waals surface area contributed by atoms with Crippen molar-refractivity contribution in [1.82, 2.24) is 4.57 Å². The first-order valence-electron chi connectivity index (χ1n) is 7.22. The van der Waals surface area contributed by atoms with E-state index >= 15 is 0 Å². The summed E-state index contributed by atoms with van der Waals surface area (Å²) in [5.41, 5.74) is -0.0932. The molecule has 0 fully saturated rings. The Morgan fingerprint density at radius 2 is 1.88 bits per heavy atom. The number of carboxylic acids is 1. The van der Waals surface area contributed by atoms with Crippen LogP contribution in [0, 0.1) is 5.82 Å². The van der Waals surface area contributed by atoms with Gasteiger partial charge in [0.05, 0.1) is 11.6 Å². The van der Waals surface area contributed by atoms with Gasteiger partial charge < -0.3 is 9.67 Å². The molecule has 0 saturated carbocycles. The summed E-state index contributed by atoms with van der Waals surface area (Å²) in [6, 6.07) is 13.1. The minimum atomic E-state index is -1.33. The molecule has 0 radical (unpaired) electrons. The number of fused-ring (bicyclic) bond motifs is 1. The molecule has 0 saturated heterocycles. The molecule has 1 heterocycles. The Hall–Kier alpha value is -2.47. The molecule has 1 aromatic heterocycles. The maximum atomic E-state index is 14.4. The first-order chi connectivity index (χ1) is 11.5. The predicted molar refractivity (Wildman–Crippen MR) is 93.5 cm³/mol. The number of nitrogens with zero attached hydrogens (tertiary/aromatic N) is 1. The molecule has 4 nitrogen and oxygen atoms in total. The number of hydrogen-bond acceptors (Lipinski definition) is 2. The Balaban J connectivity index is 2.40. The average Bonchev–Trinajstić information content (AvgIpc) is 2.58. The maximum absolute atomic E-state index is 14.4. The zero-order valence-electron chi connectivity index (χ0n) is 12.4. The average molecular weight is 390 g/mol. The number of rotatable bonds is 4. The minimum Gasteiger partial charge on any atom is -0.477 e. The van der Waals surface area contributed by atoms with Crippen molar-refractivity contribution in [2.45, 2.75) is 6.04 Å². The molecule has 1 unspecified atom stereocenters. The number of aromatic nitrogens is 1. The van der Waals surface area contributed by atoms with Crippen LogP contribution in [0.4, 0.5) is 4.39 Å². The molecule has 24 heavy (non-hydrogen) atoms. The number of pyridine rings is 1. The third kappa shape index (κ3) is 2.73. The minimum absolute atomic E-state index is 0.0526. The Bertz CT molecular complexity index is 969. The molecule has 122 valence electrons. The first kappa shape index (κ1) is 16.4. The van der Waals surface area contributed by atoms with Gasteiger partial charge in [0.15, 0.2) is 0 Å². The second-order valence-corrected chi connectivity index (χ2v) is 5.95. The third-order valence-corrected chi connectivity index (χ3v) is 4.51. The van der Waals surface area contributed by atoms with E-state index in [1.54, 1.807) is 0 Å². The van der Waals surface area contributed by atoms with E-state index in [0.29, 0.717) is 5.33 Å². The summed E-state index contributed by atoms with van der Waals surface area (Å²) in [5.74, 6) is -1.90. The fraction of sp³-hybridized carbons (Fsp3) is 0.111. The van der Waals surface area contributed by atoms with E-state index in [9.17, 15) is 19.1 Å². The highest BCUT2D eigenvalue weighted by Crippen LogP contribution is 2.26. The van der Waals surface area contributed by atoms with E-state index in [1.807, 2.05) is 30.3 Å². The van der Waals surface area contributed by atoms with Crippen LogP contribution in [0.25, 0.3) is 10.9 Å². The van der Waals surface area contributed by atoms with Crippen molar-refractivity contribution < 1.29 is 14.3 Å². The Labute approximate surface area is 145 Å². The highest BCUT2D eigenvalue weighted by Gasteiger charge is 2.21. The second kappa shape index (κ2) is 6.57. The van der Waals surface area contributed by atoms with Gasteiger partial charge in [-0.05, 0) is 17.7 Å². The van der Waals surface area contributed by atoms with Gasteiger partial charge in [0.1, 0.15) is 11.4 Å². The maximum Gasteiger partial charge on any atom is 0.341 e. The van der Waals surface area contributed by atoms with Crippen molar-refractivity contribution in [1.29, 1.82) is 0 Å². The number of carboxylic acid groups (broad SMARTS) is 1. The Kier molecular flexibility index (Phi) is 4.49. The van der Waals surface area contributed by atoms with Crippen molar-refractivity contribution in [3.05, 3.63) is 81.9 Å². The van der Waals surface area contributed by atoms with E-state index in [2.05, 4.69) is 15.9 Å². The highest BCUT2D eigenvalue weighted by molar-refractivity contribution is 9.09. The zero-order chi connectivity index (χ0) is 17.3. The molecule has 1 atom stereocenters. The fourth-order valence-corrected chi connectivity index (χ4v) is 3.45. The van der Waals surface area contributed by atoms with E-state index in [-0.39, 0.29) is 22.5 Å². The van der Waals surface area contributed by atoms with Crippen LogP contribution in [0.5, 0.6) is 0 Å². The van der Waals surface area contributed by atoms with Crippen molar-refractivity contribution in [2.24, 2.45) is 0 Å². The third-order valence-electron chi connectivity index (χ3n) is 3.90. The standard InChI is InChI=1S/C18H13BrFNO3/c19-9-15(11-5-2-1-3-6-11)21-10-13(18(23)24)17(22)12-7-4-8-14(20)16(12)21/h1-8,10,15H,9H2,(H,23,24). The molecule has 0 spiro atoms. The van der Waals surface area contributed by atoms with Gasteiger partial charge in [-0.2, -0.15) is 0 Å². The molecule has 0 aliphatic carbocycles. The van der Waals surface area contributed by atoms with E-state index in [4.69, 9.17) is 0 Å². The zero-order valence-corrected chi connectivity index (χ0v) is 14.0. The number of hydrogen-bond donors (Lipinski definition) is 1. The van der Waals surface area contributed by atoms with Crippen molar-refractivity contribution in [3.63, 3.8) is 0 Å². The Morgan fingerprint density at radius 3 is 2.50 bits per heavy atom. The predicted octanol–water partition coefficient (Wildman–Crippen LogP) is 3.82. The number of alkyl halides is 1. The van der Waals surface area contributed by atoms with Crippen LogP contribution in [-0.2, 0) is 0 Å². The quantitative estimate of drug-likeness (QED) is 0.689. The van der Waals surface area contributed by atoms with Crippen LogP contribution < -0.4 is 5.43 Å². The lowest BCUT2D eigenvalue weighted by Gasteiger charge is -2.22. The molecule has 0 aliphatic heterocycles. The van der Waals surface area contributed by atoms with Gasteiger partial charge >= 0.3 is 5.97 Å². The molecule has 0 bridgehead atoms. The lowest BCUT2D eigenvalue weighted by atomic mass is 10.1. The van der Waals surface area contributed by atoms with Gasteiger partial charge in [-0.1, -0.05) is 52.3 Å². The van der Waals surface area contributed by atoms with E-state index < -0.39 is 17.2 Å². The monoisotopic (exact) mass is 389 g/mol. The summed E-state index contributed by atoms with van der Waals surface area (Å²) in [6.07, 6.45) is 1.22. The lowest BCUT2D eigenvalue weighted by Crippen LogP contribution is -2.23. The molecule has 3 aromatic rings. The van der Waals surface area contributed by atoms with Crippen LogP contribution in [0.3, 0.4) is 0 Å².